The van der Waals surface area contributed by atoms with Crippen LogP contribution in [0.3, 0.4) is 0 Å². The van der Waals surface area contributed by atoms with E-state index in [-0.39, 0.29) is 5.91 Å². The Labute approximate surface area is 109 Å². The van der Waals surface area contributed by atoms with Crippen molar-refractivity contribution in [3.05, 3.63) is 23.9 Å². The van der Waals surface area contributed by atoms with Gasteiger partial charge in [0, 0.05) is 23.2 Å². The smallest absolute Gasteiger partial charge is 0.268 e. The molecule has 2 aromatic rings. The molecule has 0 bridgehead atoms. The summed E-state index contributed by atoms with van der Waals surface area (Å²) in [6.07, 6.45) is 0.00638. The molecule has 1 aliphatic heterocycles. The molecule has 1 amide bonds. The van der Waals surface area contributed by atoms with Crippen molar-refractivity contribution in [3.63, 3.8) is 0 Å². The van der Waals surface area contributed by atoms with Gasteiger partial charge in [0.05, 0.1) is 11.2 Å². The Bertz CT molecular complexity index is 674. The lowest BCUT2D eigenvalue weighted by Crippen LogP contribution is -2.27. The first-order valence-electron chi connectivity index (χ1n) is 6.08. The third-order valence-electron chi connectivity index (χ3n) is 3.12. The van der Waals surface area contributed by atoms with Crippen molar-refractivity contribution in [2.75, 3.05) is 5.32 Å². The number of fused-ring (bicyclic) bond motifs is 1. The standard InChI is InChI=1S/C13H14N4O2/c1-7-5-12(19-17-7)13(18)14-9-3-4-10-8(2)15-16-11(10)6-9/h3-4,6,12H,5H2,1-2H3,(H,14,18)(H,15,16). The predicted molar refractivity (Wildman–Crippen MR) is 72.1 cm³/mol. The van der Waals surface area contributed by atoms with Gasteiger partial charge in [0.2, 0.25) is 6.10 Å². The molecule has 1 aliphatic rings. The highest BCUT2D eigenvalue weighted by Crippen LogP contribution is 2.20. The molecule has 0 saturated heterocycles. The van der Waals surface area contributed by atoms with Crippen molar-refractivity contribution in [1.29, 1.82) is 0 Å². The number of aromatic nitrogens is 2. The zero-order chi connectivity index (χ0) is 13.4. The van der Waals surface area contributed by atoms with E-state index in [1.807, 2.05) is 32.0 Å². The summed E-state index contributed by atoms with van der Waals surface area (Å²) in [6, 6.07) is 5.62. The van der Waals surface area contributed by atoms with Crippen molar-refractivity contribution < 1.29 is 9.63 Å². The quantitative estimate of drug-likeness (QED) is 0.864. The summed E-state index contributed by atoms with van der Waals surface area (Å²) >= 11 is 0. The van der Waals surface area contributed by atoms with E-state index in [0.717, 1.165) is 22.3 Å². The summed E-state index contributed by atoms with van der Waals surface area (Å²) < 4.78 is 0. The van der Waals surface area contributed by atoms with Crippen LogP contribution in [0.1, 0.15) is 19.0 Å². The normalized spacial score (nSPS) is 18.2. The van der Waals surface area contributed by atoms with Crippen LogP contribution in [-0.2, 0) is 9.63 Å². The summed E-state index contributed by atoms with van der Waals surface area (Å²) in [4.78, 5) is 17.0. The number of oxime groups is 1. The molecule has 1 aromatic heterocycles. The highest BCUT2D eigenvalue weighted by Gasteiger charge is 2.26. The molecule has 3 rings (SSSR count). The van der Waals surface area contributed by atoms with Gasteiger partial charge in [-0.05, 0) is 32.0 Å². The molecule has 19 heavy (non-hydrogen) atoms. The van der Waals surface area contributed by atoms with E-state index in [0.29, 0.717) is 12.1 Å². The zero-order valence-electron chi connectivity index (χ0n) is 10.7. The molecule has 0 fully saturated rings. The lowest BCUT2D eigenvalue weighted by atomic mass is 10.1. The van der Waals surface area contributed by atoms with E-state index >= 15 is 0 Å². The molecular weight excluding hydrogens is 244 g/mol. The SMILES string of the molecule is CC1=NOC(C(=O)Nc2ccc3c(C)[nH]nc3c2)C1. The summed E-state index contributed by atoms with van der Waals surface area (Å²) in [7, 11) is 0. The van der Waals surface area contributed by atoms with Gasteiger partial charge in [-0.1, -0.05) is 5.16 Å². The lowest BCUT2D eigenvalue weighted by molar-refractivity contribution is -0.125. The Morgan fingerprint density at radius 1 is 1.47 bits per heavy atom. The van der Waals surface area contributed by atoms with Gasteiger partial charge in [0.15, 0.2) is 0 Å². The number of nitrogens with one attached hydrogen (secondary N) is 2. The number of benzene rings is 1. The van der Waals surface area contributed by atoms with Crippen LogP contribution >= 0.6 is 0 Å². The first-order chi connectivity index (χ1) is 9.13. The minimum atomic E-state index is -0.531. The second-order valence-electron chi connectivity index (χ2n) is 4.69. The number of carbonyl (C=O) groups excluding carboxylic acids is 1. The number of nitrogens with zero attached hydrogens (tertiary/aromatic N) is 2. The molecule has 0 radical (unpaired) electrons. The van der Waals surface area contributed by atoms with Crippen LogP contribution in [0.15, 0.2) is 23.4 Å². The van der Waals surface area contributed by atoms with Crippen molar-refractivity contribution in [1.82, 2.24) is 10.2 Å². The third-order valence-corrected chi connectivity index (χ3v) is 3.12. The molecule has 2 N–H and O–H groups in total. The molecule has 0 saturated carbocycles. The molecule has 2 heterocycles. The van der Waals surface area contributed by atoms with Gasteiger partial charge in [-0.2, -0.15) is 5.10 Å². The third kappa shape index (κ3) is 2.16. The zero-order valence-corrected chi connectivity index (χ0v) is 10.7. The van der Waals surface area contributed by atoms with Gasteiger partial charge >= 0.3 is 0 Å². The van der Waals surface area contributed by atoms with Crippen molar-refractivity contribution >= 4 is 28.2 Å². The topological polar surface area (TPSA) is 79.4 Å². The fourth-order valence-corrected chi connectivity index (χ4v) is 2.08. The fraction of sp³-hybridized carbons (Fsp3) is 0.308. The largest absolute Gasteiger partial charge is 0.382 e. The Hall–Kier alpha value is -2.37. The van der Waals surface area contributed by atoms with Crippen LogP contribution in [0, 0.1) is 6.92 Å². The maximum atomic E-state index is 12.0. The van der Waals surface area contributed by atoms with Crippen LogP contribution in [-0.4, -0.2) is 27.9 Å². The molecule has 1 aromatic carbocycles. The molecule has 6 nitrogen and oxygen atoms in total. The lowest BCUT2D eigenvalue weighted by Gasteiger charge is -2.09. The van der Waals surface area contributed by atoms with E-state index in [1.54, 1.807) is 0 Å². The maximum absolute atomic E-state index is 12.0. The number of aryl methyl sites for hydroxylation is 1. The molecule has 0 spiro atoms. The average molecular weight is 258 g/mol. The molecule has 0 aliphatic carbocycles. The minimum absolute atomic E-state index is 0.188. The average Bonchev–Trinajstić information content (AvgIpc) is 2.97. The first-order valence-corrected chi connectivity index (χ1v) is 6.08. The molecule has 6 heteroatoms. The highest BCUT2D eigenvalue weighted by atomic mass is 16.6. The Kier molecular flexibility index (Phi) is 2.70. The van der Waals surface area contributed by atoms with Gasteiger partial charge in [0.1, 0.15) is 0 Å². The molecule has 1 unspecified atom stereocenters. The number of amides is 1. The number of H-pyrrole nitrogens is 1. The number of rotatable bonds is 2. The van der Waals surface area contributed by atoms with Crippen LogP contribution in [0.2, 0.25) is 0 Å². The molecular formula is C13H14N4O2. The van der Waals surface area contributed by atoms with Crippen LogP contribution in [0.25, 0.3) is 10.9 Å². The number of hydrogen-bond acceptors (Lipinski definition) is 4. The Morgan fingerprint density at radius 2 is 2.32 bits per heavy atom. The first kappa shape index (κ1) is 11.7. The molecule has 98 valence electrons. The van der Waals surface area contributed by atoms with E-state index in [2.05, 4.69) is 20.7 Å². The second kappa shape index (κ2) is 4.38. The number of hydrogen-bond donors (Lipinski definition) is 2. The van der Waals surface area contributed by atoms with Gasteiger partial charge in [0.25, 0.3) is 5.91 Å². The van der Waals surface area contributed by atoms with Crippen molar-refractivity contribution in [2.45, 2.75) is 26.4 Å². The van der Waals surface area contributed by atoms with E-state index in [9.17, 15) is 4.79 Å². The summed E-state index contributed by atoms with van der Waals surface area (Å²) in [6.45, 7) is 3.80. The van der Waals surface area contributed by atoms with Crippen molar-refractivity contribution in [2.24, 2.45) is 5.16 Å². The Morgan fingerprint density at radius 3 is 3.05 bits per heavy atom. The molecule has 1 atom stereocenters. The van der Waals surface area contributed by atoms with Gasteiger partial charge in [-0.3, -0.25) is 9.89 Å². The van der Waals surface area contributed by atoms with Crippen LogP contribution < -0.4 is 5.32 Å². The van der Waals surface area contributed by atoms with Gasteiger partial charge < -0.3 is 10.2 Å². The summed E-state index contributed by atoms with van der Waals surface area (Å²) in [5.41, 5.74) is 3.38. The predicted octanol–water partition coefficient (Wildman–Crippen LogP) is 1.97. The fourth-order valence-electron chi connectivity index (χ4n) is 2.08. The summed E-state index contributed by atoms with van der Waals surface area (Å²) in [5, 5.41) is 14.7. The number of aromatic amines is 1. The highest BCUT2D eigenvalue weighted by molar-refractivity contribution is 5.99. The second-order valence-corrected chi connectivity index (χ2v) is 4.69. The van der Waals surface area contributed by atoms with Gasteiger partial charge in [-0.25, -0.2) is 0 Å². The van der Waals surface area contributed by atoms with Crippen LogP contribution in [0.5, 0.6) is 0 Å². The number of anilines is 1. The monoisotopic (exact) mass is 258 g/mol. The number of carbonyl (C=O) groups is 1. The minimum Gasteiger partial charge on any atom is -0.382 e. The van der Waals surface area contributed by atoms with Crippen molar-refractivity contribution in [3.8, 4) is 0 Å². The van der Waals surface area contributed by atoms with E-state index in [4.69, 9.17) is 4.84 Å². The maximum Gasteiger partial charge on any atom is 0.268 e. The Balaban J connectivity index is 1.76. The van der Waals surface area contributed by atoms with E-state index in [1.165, 1.54) is 0 Å². The van der Waals surface area contributed by atoms with Gasteiger partial charge in [-0.15, -0.1) is 0 Å². The van der Waals surface area contributed by atoms with Crippen LogP contribution in [0.4, 0.5) is 5.69 Å². The summed E-state index contributed by atoms with van der Waals surface area (Å²) in [5.74, 6) is -0.188. The van der Waals surface area contributed by atoms with E-state index < -0.39 is 6.10 Å².